The molecular weight excluding hydrogens is 332 g/mol. The van der Waals surface area contributed by atoms with Crippen molar-refractivity contribution in [1.82, 2.24) is 0 Å². The normalized spacial score (nSPS) is 10.3. The highest BCUT2D eigenvalue weighted by Crippen LogP contribution is 2.19. The molecule has 132 valence electrons. The molecule has 0 fully saturated rings. The van der Waals surface area contributed by atoms with E-state index in [0.29, 0.717) is 11.5 Å². The minimum Gasteiger partial charge on any atom is -0.488 e. The zero-order chi connectivity index (χ0) is 18.9. The molecule has 0 N–H and O–H groups in total. The van der Waals surface area contributed by atoms with Crippen molar-refractivity contribution in [2.75, 3.05) is 13.2 Å². The summed E-state index contributed by atoms with van der Waals surface area (Å²) in [7, 11) is 0. The second-order valence-electron chi connectivity index (χ2n) is 5.25. The lowest BCUT2D eigenvalue weighted by atomic mass is 10.1. The maximum Gasteiger partial charge on any atom is 0.351 e. The second kappa shape index (κ2) is 9.09. The Morgan fingerprint density at radius 1 is 1.35 bits per heavy atom. The molecule has 0 bridgehead atoms. The van der Waals surface area contributed by atoms with Crippen LogP contribution in [0.4, 0.5) is 0 Å². The third kappa shape index (κ3) is 4.99. The summed E-state index contributed by atoms with van der Waals surface area (Å²) in [5, 5.41) is 0. The van der Waals surface area contributed by atoms with Crippen molar-refractivity contribution in [1.29, 1.82) is 0 Å². The fraction of sp³-hybridized carbons (Fsp3) is 0.143. The number of aryl methyl sites for hydroxylation is 1. The lowest BCUT2D eigenvalue weighted by molar-refractivity contribution is 0.104. The molecule has 2 rings (SSSR count). The van der Waals surface area contributed by atoms with Gasteiger partial charge in [0.25, 0.3) is 0 Å². The van der Waals surface area contributed by atoms with Crippen LogP contribution >= 0.6 is 0 Å². The van der Waals surface area contributed by atoms with Gasteiger partial charge in [0.1, 0.15) is 36.0 Å². The molecule has 5 heteroatoms. The number of ether oxygens (including phenoxy) is 2. The van der Waals surface area contributed by atoms with Crippen LogP contribution in [-0.2, 0) is 0 Å². The third-order valence-corrected chi connectivity index (χ3v) is 3.25. The molecule has 0 spiro atoms. The Morgan fingerprint density at radius 3 is 2.88 bits per heavy atom. The molecule has 0 saturated carbocycles. The van der Waals surface area contributed by atoms with Crippen molar-refractivity contribution >= 4 is 11.9 Å². The zero-order valence-corrected chi connectivity index (χ0v) is 14.4. The van der Waals surface area contributed by atoms with E-state index < -0.39 is 11.4 Å². The first-order valence-corrected chi connectivity index (χ1v) is 7.82. The topological polar surface area (TPSA) is 65.7 Å². The quantitative estimate of drug-likeness (QED) is 0.316. The molecule has 5 nitrogen and oxygen atoms in total. The summed E-state index contributed by atoms with van der Waals surface area (Å²) in [4.78, 5) is 24.6. The maximum absolute atomic E-state index is 12.5. The predicted octanol–water partition coefficient (Wildman–Crippen LogP) is 3.42. The Hall–Kier alpha value is -3.52. The molecule has 0 aliphatic carbocycles. The van der Waals surface area contributed by atoms with Gasteiger partial charge in [-0.2, -0.15) is 0 Å². The summed E-state index contributed by atoms with van der Waals surface area (Å²) in [6, 6.07) is 8.55. The van der Waals surface area contributed by atoms with Crippen LogP contribution in [0.5, 0.6) is 11.5 Å². The number of hydrogen-bond acceptors (Lipinski definition) is 5. The fourth-order valence-corrected chi connectivity index (χ4v) is 2.16. The molecule has 0 saturated heterocycles. The van der Waals surface area contributed by atoms with E-state index in [-0.39, 0.29) is 24.5 Å². The molecule has 0 unspecified atom stereocenters. The summed E-state index contributed by atoms with van der Waals surface area (Å²) in [6.07, 6.45) is 9.54. The number of benzene rings is 1. The van der Waals surface area contributed by atoms with Crippen LogP contribution in [0.15, 0.2) is 58.3 Å². The standard InChI is InChI=1S/C21H18O5/c1-4-11-24-17-8-6-7-16(14-17)9-10-18(22)20-19(25-12-5-2)13-15(3)26-21(20)23/h1,5-10,13-14H,2,11-12H2,3H3. The molecule has 0 aliphatic heterocycles. The van der Waals surface area contributed by atoms with Crippen LogP contribution in [0, 0.1) is 19.3 Å². The number of hydrogen-bond donors (Lipinski definition) is 0. The number of ketones is 1. The van der Waals surface area contributed by atoms with Gasteiger partial charge in [-0.1, -0.05) is 36.8 Å². The Labute approximate surface area is 151 Å². The van der Waals surface area contributed by atoms with Crippen LogP contribution in [0.3, 0.4) is 0 Å². The average Bonchev–Trinajstić information content (AvgIpc) is 2.62. The van der Waals surface area contributed by atoms with Gasteiger partial charge >= 0.3 is 5.63 Å². The van der Waals surface area contributed by atoms with Gasteiger partial charge in [0.15, 0.2) is 5.78 Å². The smallest absolute Gasteiger partial charge is 0.351 e. The molecule has 0 aliphatic rings. The maximum atomic E-state index is 12.5. The van der Waals surface area contributed by atoms with Crippen LogP contribution in [0.1, 0.15) is 21.7 Å². The van der Waals surface area contributed by atoms with Gasteiger partial charge < -0.3 is 13.9 Å². The van der Waals surface area contributed by atoms with Gasteiger partial charge in [-0.25, -0.2) is 4.79 Å². The molecule has 2 aromatic rings. The summed E-state index contributed by atoms with van der Waals surface area (Å²) < 4.78 is 15.8. The third-order valence-electron chi connectivity index (χ3n) is 3.25. The van der Waals surface area contributed by atoms with Crippen LogP contribution in [-0.4, -0.2) is 19.0 Å². The summed E-state index contributed by atoms with van der Waals surface area (Å²) in [6.45, 7) is 5.48. The van der Waals surface area contributed by atoms with Gasteiger partial charge in [-0.05, 0) is 30.7 Å². The number of terminal acetylenes is 1. The average molecular weight is 350 g/mol. The molecular formula is C21H18O5. The highest BCUT2D eigenvalue weighted by molar-refractivity contribution is 6.08. The van der Waals surface area contributed by atoms with E-state index in [4.69, 9.17) is 20.3 Å². The van der Waals surface area contributed by atoms with E-state index in [0.717, 1.165) is 5.56 Å². The van der Waals surface area contributed by atoms with E-state index >= 15 is 0 Å². The highest BCUT2D eigenvalue weighted by Gasteiger charge is 2.17. The summed E-state index contributed by atoms with van der Waals surface area (Å²) >= 11 is 0. The number of carbonyl (C=O) groups is 1. The van der Waals surface area contributed by atoms with Crippen LogP contribution < -0.4 is 15.1 Å². The largest absolute Gasteiger partial charge is 0.488 e. The lowest BCUT2D eigenvalue weighted by Gasteiger charge is -2.07. The number of rotatable bonds is 8. The van der Waals surface area contributed by atoms with Gasteiger partial charge in [-0.3, -0.25) is 4.79 Å². The van der Waals surface area contributed by atoms with E-state index in [1.54, 1.807) is 37.3 Å². The zero-order valence-electron chi connectivity index (χ0n) is 14.4. The minimum absolute atomic E-state index is 0.153. The Bertz CT molecular complexity index is 928. The molecule has 1 aromatic heterocycles. The van der Waals surface area contributed by atoms with Gasteiger partial charge in [-0.15, -0.1) is 6.42 Å². The minimum atomic E-state index is -0.746. The van der Waals surface area contributed by atoms with E-state index in [2.05, 4.69) is 12.5 Å². The SMILES string of the molecule is C#CCOc1cccc(C=CC(=O)c2c(OCC=C)cc(C)oc2=O)c1. The second-order valence-corrected chi connectivity index (χ2v) is 5.25. The van der Waals surface area contributed by atoms with Crippen molar-refractivity contribution in [3.63, 3.8) is 0 Å². The monoisotopic (exact) mass is 350 g/mol. The molecule has 26 heavy (non-hydrogen) atoms. The van der Waals surface area contributed by atoms with Crippen LogP contribution in [0.25, 0.3) is 6.08 Å². The number of carbonyl (C=O) groups excluding carboxylic acids is 1. The van der Waals surface area contributed by atoms with Crippen molar-refractivity contribution in [3.05, 3.63) is 76.4 Å². The van der Waals surface area contributed by atoms with Crippen molar-refractivity contribution in [2.24, 2.45) is 0 Å². The van der Waals surface area contributed by atoms with Gasteiger partial charge in [0.05, 0.1) is 0 Å². The van der Waals surface area contributed by atoms with E-state index in [1.807, 2.05) is 0 Å². The molecule has 0 atom stereocenters. The van der Waals surface area contributed by atoms with Crippen molar-refractivity contribution in [2.45, 2.75) is 6.92 Å². The molecule has 0 amide bonds. The van der Waals surface area contributed by atoms with E-state index in [1.165, 1.54) is 18.2 Å². The Kier molecular flexibility index (Phi) is 6.58. The van der Waals surface area contributed by atoms with Crippen LogP contribution in [0.2, 0.25) is 0 Å². The van der Waals surface area contributed by atoms with Gasteiger partial charge in [0, 0.05) is 6.07 Å². The fourth-order valence-electron chi connectivity index (χ4n) is 2.16. The Morgan fingerprint density at radius 2 is 2.15 bits per heavy atom. The molecule has 0 radical (unpaired) electrons. The van der Waals surface area contributed by atoms with Crippen molar-refractivity contribution in [3.8, 4) is 23.8 Å². The van der Waals surface area contributed by atoms with Crippen molar-refractivity contribution < 1.29 is 18.7 Å². The highest BCUT2D eigenvalue weighted by atomic mass is 16.5. The first-order valence-electron chi connectivity index (χ1n) is 7.82. The predicted molar refractivity (Wildman–Crippen MR) is 99.5 cm³/mol. The van der Waals surface area contributed by atoms with Gasteiger partial charge in [0.2, 0.25) is 0 Å². The Balaban J connectivity index is 2.27. The lowest BCUT2D eigenvalue weighted by Crippen LogP contribution is -2.15. The molecule has 1 heterocycles. The van der Waals surface area contributed by atoms with E-state index in [9.17, 15) is 9.59 Å². The first-order chi connectivity index (χ1) is 12.5. The number of allylic oxidation sites excluding steroid dienone is 1. The molecule has 1 aromatic carbocycles. The first kappa shape index (κ1) is 18.8. The summed E-state index contributed by atoms with van der Waals surface area (Å²) in [5.41, 5.74) is -0.184. The summed E-state index contributed by atoms with van der Waals surface area (Å²) in [5.74, 6) is 2.97.